The number of rotatable bonds is 4. The molecule has 1 aromatic rings. The molecule has 1 heterocycles. The third-order valence-electron chi connectivity index (χ3n) is 4.81. The Labute approximate surface area is 156 Å². The van der Waals surface area contributed by atoms with Crippen molar-refractivity contribution in [2.45, 2.75) is 39.2 Å². The van der Waals surface area contributed by atoms with E-state index in [1.807, 2.05) is 49.9 Å². The van der Waals surface area contributed by atoms with Gasteiger partial charge < -0.3 is 19.9 Å². The summed E-state index contributed by atoms with van der Waals surface area (Å²) in [6.07, 6.45) is 1.14. The molecule has 6 heteroatoms. The van der Waals surface area contributed by atoms with Crippen LogP contribution in [0.4, 0.5) is 5.69 Å². The van der Waals surface area contributed by atoms with Crippen molar-refractivity contribution in [2.75, 3.05) is 39.6 Å². The second kappa shape index (κ2) is 7.56. The van der Waals surface area contributed by atoms with Gasteiger partial charge in [0.05, 0.1) is 7.11 Å². The van der Waals surface area contributed by atoms with Gasteiger partial charge in [0.25, 0.3) is 0 Å². The monoisotopic (exact) mass is 361 g/mol. The van der Waals surface area contributed by atoms with Crippen LogP contribution >= 0.6 is 0 Å². The first-order chi connectivity index (χ1) is 12.1. The second-order valence-electron chi connectivity index (χ2n) is 8.18. The number of anilines is 1. The van der Waals surface area contributed by atoms with Crippen molar-refractivity contribution >= 4 is 17.5 Å². The molecule has 2 rings (SSSR count). The van der Waals surface area contributed by atoms with Gasteiger partial charge >= 0.3 is 0 Å². The minimum Gasteiger partial charge on any atom is -0.497 e. The molecule has 1 fully saturated rings. The SMILES string of the molecule is COc1cccc(NC2(C(=O)N(C)C)CCN(C(=O)C(C)(C)C)CC2)c1. The van der Waals surface area contributed by atoms with E-state index < -0.39 is 11.0 Å². The highest BCUT2D eigenvalue weighted by Gasteiger charge is 2.44. The van der Waals surface area contributed by atoms with E-state index >= 15 is 0 Å². The molecule has 1 saturated heterocycles. The lowest BCUT2D eigenvalue weighted by Crippen LogP contribution is -2.59. The number of hydrogen-bond acceptors (Lipinski definition) is 4. The zero-order valence-corrected chi connectivity index (χ0v) is 16.8. The Balaban J connectivity index is 2.23. The smallest absolute Gasteiger partial charge is 0.247 e. The average Bonchev–Trinajstić information content (AvgIpc) is 2.60. The second-order valence-corrected chi connectivity index (χ2v) is 8.18. The van der Waals surface area contributed by atoms with Gasteiger partial charge in [-0.25, -0.2) is 0 Å². The Morgan fingerprint density at radius 3 is 2.31 bits per heavy atom. The van der Waals surface area contributed by atoms with Crippen LogP contribution in [0, 0.1) is 5.41 Å². The molecule has 0 aliphatic carbocycles. The maximum absolute atomic E-state index is 13.0. The van der Waals surface area contributed by atoms with Crippen LogP contribution in [0.5, 0.6) is 5.75 Å². The van der Waals surface area contributed by atoms with Crippen molar-refractivity contribution in [3.63, 3.8) is 0 Å². The van der Waals surface area contributed by atoms with Crippen molar-refractivity contribution < 1.29 is 14.3 Å². The molecule has 6 nitrogen and oxygen atoms in total. The van der Waals surface area contributed by atoms with E-state index in [9.17, 15) is 9.59 Å². The summed E-state index contributed by atoms with van der Waals surface area (Å²) in [6, 6.07) is 7.58. The van der Waals surface area contributed by atoms with Gasteiger partial charge in [-0.2, -0.15) is 0 Å². The largest absolute Gasteiger partial charge is 0.497 e. The zero-order chi connectivity index (χ0) is 19.5. The predicted molar refractivity (Wildman–Crippen MR) is 103 cm³/mol. The first kappa shape index (κ1) is 20.1. The Morgan fingerprint density at radius 2 is 1.81 bits per heavy atom. The average molecular weight is 361 g/mol. The maximum Gasteiger partial charge on any atom is 0.247 e. The number of likely N-dealkylation sites (N-methyl/N-ethyl adjacent to an activating group) is 1. The fourth-order valence-corrected chi connectivity index (χ4v) is 3.36. The summed E-state index contributed by atoms with van der Waals surface area (Å²) in [7, 11) is 5.16. The summed E-state index contributed by atoms with van der Waals surface area (Å²) >= 11 is 0. The lowest BCUT2D eigenvalue weighted by atomic mass is 9.84. The highest BCUT2D eigenvalue weighted by Crippen LogP contribution is 2.32. The molecule has 2 amide bonds. The Kier molecular flexibility index (Phi) is 5.84. The summed E-state index contributed by atoms with van der Waals surface area (Å²) in [6.45, 7) is 6.91. The van der Waals surface area contributed by atoms with Crippen LogP contribution in [0.1, 0.15) is 33.6 Å². The molecule has 0 saturated carbocycles. The molecule has 0 unspecified atom stereocenters. The van der Waals surface area contributed by atoms with Gasteiger partial charge in [0, 0.05) is 44.4 Å². The number of benzene rings is 1. The number of carbonyl (C=O) groups excluding carboxylic acids is 2. The van der Waals surface area contributed by atoms with E-state index in [1.54, 1.807) is 26.1 Å². The third kappa shape index (κ3) is 4.29. The Bertz CT molecular complexity index is 657. The standard InChI is InChI=1S/C20H31N3O3/c1-19(2,3)17(24)23-12-10-20(11-13-23,18(25)22(4)5)21-15-8-7-9-16(14-15)26-6/h7-9,14,21H,10-13H2,1-6H3. The quantitative estimate of drug-likeness (QED) is 0.895. The molecule has 0 radical (unpaired) electrons. The molecule has 26 heavy (non-hydrogen) atoms. The number of ether oxygens (including phenoxy) is 1. The molecule has 1 aliphatic rings. The number of nitrogens with zero attached hydrogens (tertiary/aromatic N) is 2. The number of likely N-dealkylation sites (tertiary alicyclic amines) is 1. The van der Waals surface area contributed by atoms with Gasteiger partial charge in [0.1, 0.15) is 11.3 Å². The van der Waals surface area contributed by atoms with E-state index in [0.717, 1.165) is 11.4 Å². The van der Waals surface area contributed by atoms with E-state index in [1.165, 1.54) is 0 Å². The van der Waals surface area contributed by atoms with Gasteiger partial charge in [-0.1, -0.05) is 26.8 Å². The fourth-order valence-electron chi connectivity index (χ4n) is 3.36. The topological polar surface area (TPSA) is 61.9 Å². The highest BCUT2D eigenvalue weighted by atomic mass is 16.5. The molecule has 1 aromatic carbocycles. The maximum atomic E-state index is 13.0. The van der Waals surface area contributed by atoms with Crippen molar-refractivity contribution in [1.82, 2.24) is 9.80 Å². The number of amides is 2. The molecule has 0 spiro atoms. The molecule has 1 N–H and O–H groups in total. The van der Waals surface area contributed by atoms with Crippen LogP contribution in [0.15, 0.2) is 24.3 Å². The summed E-state index contributed by atoms with van der Waals surface area (Å²) in [5.74, 6) is 0.899. The van der Waals surface area contributed by atoms with E-state index in [0.29, 0.717) is 25.9 Å². The lowest BCUT2D eigenvalue weighted by molar-refractivity contribution is -0.144. The number of methoxy groups -OCH3 is 1. The lowest BCUT2D eigenvalue weighted by Gasteiger charge is -2.44. The van der Waals surface area contributed by atoms with Crippen LogP contribution in [0.25, 0.3) is 0 Å². The molecule has 0 atom stereocenters. The molecular weight excluding hydrogens is 330 g/mol. The molecule has 144 valence electrons. The molecule has 0 aromatic heterocycles. The van der Waals surface area contributed by atoms with E-state index in [2.05, 4.69) is 5.32 Å². The Hall–Kier alpha value is -2.24. The van der Waals surface area contributed by atoms with Crippen LogP contribution in [0.2, 0.25) is 0 Å². The predicted octanol–water partition coefficient (Wildman–Crippen LogP) is 2.60. The summed E-state index contributed by atoms with van der Waals surface area (Å²) in [5, 5.41) is 3.44. The third-order valence-corrected chi connectivity index (χ3v) is 4.81. The van der Waals surface area contributed by atoms with E-state index in [4.69, 9.17) is 4.74 Å². The van der Waals surface area contributed by atoms with Crippen LogP contribution in [0.3, 0.4) is 0 Å². The molecule has 1 aliphatic heterocycles. The first-order valence-corrected chi connectivity index (χ1v) is 9.02. The summed E-state index contributed by atoms with van der Waals surface area (Å²) in [5.41, 5.74) is -0.286. The van der Waals surface area contributed by atoms with Crippen molar-refractivity contribution in [3.05, 3.63) is 24.3 Å². The van der Waals surface area contributed by atoms with Crippen molar-refractivity contribution in [1.29, 1.82) is 0 Å². The van der Waals surface area contributed by atoms with Crippen LogP contribution in [-0.2, 0) is 9.59 Å². The van der Waals surface area contributed by atoms with Gasteiger partial charge in [-0.05, 0) is 25.0 Å². The minimum absolute atomic E-state index is 0.0307. The van der Waals surface area contributed by atoms with Crippen LogP contribution < -0.4 is 10.1 Å². The highest BCUT2D eigenvalue weighted by molar-refractivity contribution is 5.90. The summed E-state index contributed by atoms with van der Waals surface area (Å²) < 4.78 is 5.28. The van der Waals surface area contributed by atoms with Gasteiger partial charge in [0.2, 0.25) is 11.8 Å². The summed E-state index contributed by atoms with van der Waals surface area (Å²) in [4.78, 5) is 29.0. The minimum atomic E-state index is -0.718. The normalized spacial score (nSPS) is 16.8. The van der Waals surface area contributed by atoms with E-state index in [-0.39, 0.29) is 11.8 Å². The number of piperidine rings is 1. The van der Waals surface area contributed by atoms with Crippen molar-refractivity contribution in [3.8, 4) is 5.75 Å². The van der Waals surface area contributed by atoms with Crippen LogP contribution in [-0.4, -0.2) is 61.4 Å². The molecular formula is C20H31N3O3. The zero-order valence-electron chi connectivity index (χ0n) is 16.8. The van der Waals surface area contributed by atoms with Gasteiger partial charge in [0.15, 0.2) is 0 Å². The number of carbonyl (C=O) groups is 2. The Morgan fingerprint density at radius 1 is 1.19 bits per heavy atom. The van der Waals surface area contributed by atoms with Crippen molar-refractivity contribution in [2.24, 2.45) is 5.41 Å². The number of hydrogen-bond donors (Lipinski definition) is 1. The van der Waals surface area contributed by atoms with Gasteiger partial charge in [-0.15, -0.1) is 0 Å². The number of nitrogens with one attached hydrogen (secondary N) is 1. The van der Waals surface area contributed by atoms with Gasteiger partial charge in [-0.3, -0.25) is 9.59 Å². The first-order valence-electron chi connectivity index (χ1n) is 9.02. The fraction of sp³-hybridized carbons (Fsp3) is 0.600. The molecule has 0 bridgehead atoms.